The van der Waals surface area contributed by atoms with E-state index in [2.05, 4.69) is 34.6 Å². The van der Waals surface area contributed by atoms with Crippen LogP contribution in [-0.4, -0.2) is 40.9 Å². The third-order valence-corrected chi connectivity index (χ3v) is 5.22. The summed E-state index contributed by atoms with van der Waals surface area (Å²) >= 11 is 0. The first-order valence-corrected chi connectivity index (χ1v) is 9.10. The number of phenols is 1. The van der Waals surface area contributed by atoms with Gasteiger partial charge in [0.2, 0.25) is 0 Å². The van der Waals surface area contributed by atoms with Gasteiger partial charge < -0.3 is 15.3 Å². The molecule has 3 aromatic rings. The number of phenolic OH excluding ortho intramolecular Hbond substituents is 1. The fourth-order valence-electron chi connectivity index (χ4n) is 3.75. The van der Waals surface area contributed by atoms with E-state index in [1.54, 1.807) is 20.3 Å². The molecule has 28 heavy (non-hydrogen) atoms. The molecule has 0 saturated heterocycles. The lowest BCUT2D eigenvalue weighted by molar-refractivity contribution is 0.0813. The van der Waals surface area contributed by atoms with Gasteiger partial charge in [-0.1, -0.05) is 29.8 Å². The number of pyridine rings is 1. The third kappa shape index (κ3) is 2.78. The summed E-state index contributed by atoms with van der Waals surface area (Å²) in [6.45, 7) is 2.32. The molecule has 2 heterocycles. The largest absolute Gasteiger partial charge is 0.505 e. The highest BCUT2D eigenvalue weighted by atomic mass is 16.3. The van der Waals surface area contributed by atoms with Crippen LogP contribution < -0.4 is 5.32 Å². The number of aromatic hydroxyl groups is 1. The third-order valence-electron chi connectivity index (χ3n) is 5.22. The van der Waals surface area contributed by atoms with Crippen molar-refractivity contribution in [1.82, 2.24) is 15.2 Å². The number of aryl methyl sites for hydroxylation is 1. The molecule has 0 aliphatic carbocycles. The van der Waals surface area contributed by atoms with Gasteiger partial charge in [-0.3, -0.25) is 14.6 Å². The Morgan fingerprint density at radius 1 is 1.25 bits per heavy atom. The zero-order valence-corrected chi connectivity index (χ0v) is 16.0. The number of nitrogens with zero attached hydrogens (tertiary/aromatic N) is 2. The van der Waals surface area contributed by atoms with Crippen molar-refractivity contribution in [1.29, 1.82) is 0 Å². The van der Waals surface area contributed by atoms with Gasteiger partial charge in [-0.15, -0.1) is 0 Å². The molecule has 2 aromatic carbocycles. The van der Waals surface area contributed by atoms with Crippen LogP contribution in [0.15, 0.2) is 36.5 Å². The minimum atomic E-state index is -0.301. The first-order chi connectivity index (χ1) is 13.4. The second-order valence-electron chi connectivity index (χ2n) is 7.22. The van der Waals surface area contributed by atoms with Crippen LogP contribution in [0.3, 0.4) is 0 Å². The molecule has 6 nitrogen and oxygen atoms in total. The normalized spacial score (nSPS) is 13.1. The Balaban J connectivity index is 1.92. The molecule has 6 heteroatoms. The predicted octanol–water partition coefficient (Wildman–Crippen LogP) is 2.78. The molecule has 142 valence electrons. The second kappa shape index (κ2) is 6.64. The Hall–Kier alpha value is -3.41. The topological polar surface area (TPSA) is 82.5 Å². The summed E-state index contributed by atoms with van der Waals surface area (Å²) in [5.41, 5.74) is 4.65. The van der Waals surface area contributed by atoms with Crippen LogP contribution in [0, 0.1) is 6.92 Å². The van der Waals surface area contributed by atoms with Gasteiger partial charge >= 0.3 is 0 Å². The number of rotatable bonds is 3. The minimum absolute atomic E-state index is 0.158. The van der Waals surface area contributed by atoms with Crippen LogP contribution in [-0.2, 0) is 13.0 Å². The molecule has 2 N–H and O–H groups in total. The summed E-state index contributed by atoms with van der Waals surface area (Å²) < 4.78 is 0. The van der Waals surface area contributed by atoms with Crippen molar-refractivity contribution < 1.29 is 14.7 Å². The van der Waals surface area contributed by atoms with Crippen LogP contribution in [0.1, 0.15) is 43.0 Å². The Labute approximate surface area is 162 Å². The molecule has 1 aromatic heterocycles. The number of carbonyl (C=O) groups excluding carboxylic acids is 2. The highest BCUT2D eigenvalue weighted by Crippen LogP contribution is 2.39. The Bertz CT molecular complexity index is 1120. The molecule has 4 rings (SSSR count). The van der Waals surface area contributed by atoms with Crippen molar-refractivity contribution in [3.05, 3.63) is 69.9 Å². The Kier molecular flexibility index (Phi) is 4.26. The monoisotopic (exact) mass is 375 g/mol. The van der Waals surface area contributed by atoms with Crippen molar-refractivity contribution in [3.63, 3.8) is 0 Å². The standard InChI is InChI=1S/C22H21N3O3/c1-12-4-6-13(7-5-12)8-14-9-15-17(21(27)23-2)16-11-25(3)22(28)18(16)20(26)19(15)24-10-14/h4-7,9-10,26H,8,11H2,1-3H3,(H,23,27). The number of hydrogen-bond donors (Lipinski definition) is 2. The molecule has 0 bridgehead atoms. The van der Waals surface area contributed by atoms with E-state index in [-0.39, 0.29) is 35.2 Å². The zero-order chi connectivity index (χ0) is 20.0. The van der Waals surface area contributed by atoms with Gasteiger partial charge in [-0.25, -0.2) is 0 Å². The van der Waals surface area contributed by atoms with Gasteiger partial charge in [-0.05, 0) is 30.5 Å². The molecule has 1 aliphatic rings. The van der Waals surface area contributed by atoms with E-state index in [1.165, 1.54) is 10.5 Å². The van der Waals surface area contributed by atoms with E-state index in [1.807, 2.05) is 13.0 Å². The highest BCUT2D eigenvalue weighted by molar-refractivity contribution is 6.15. The lowest BCUT2D eigenvalue weighted by atomic mass is 9.94. The fraction of sp³-hybridized carbons (Fsp3) is 0.227. The number of carbonyl (C=O) groups is 2. The molecule has 1 aliphatic heterocycles. The SMILES string of the molecule is CNC(=O)c1c2c(c(O)c3ncc(Cc4ccc(C)cc4)cc13)C(=O)N(C)C2. The summed E-state index contributed by atoms with van der Waals surface area (Å²) in [6.07, 6.45) is 2.35. The maximum atomic E-state index is 12.7. The molecule has 0 saturated carbocycles. The van der Waals surface area contributed by atoms with Crippen molar-refractivity contribution in [2.45, 2.75) is 19.9 Å². The summed E-state index contributed by atoms with van der Waals surface area (Å²) in [5.74, 6) is -0.752. The van der Waals surface area contributed by atoms with Crippen molar-refractivity contribution in [2.24, 2.45) is 0 Å². The molecule has 0 fully saturated rings. The van der Waals surface area contributed by atoms with Crippen molar-refractivity contribution in [2.75, 3.05) is 14.1 Å². The van der Waals surface area contributed by atoms with Crippen LogP contribution in [0.2, 0.25) is 0 Å². The van der Waals surface area contributed by atoms with Crippen molar-refractivity contribution in [3.8, 4) is 5.75 Å². The van der Waals surface area contributed by atoms with Crippen LogP contribution >= 0.6 is 0 Å². The number of aromatic nitrogens is 1. The lowest BCUT2D eigenvalue weighted by Crippen LogP contribution is -2.21. The van der Waals surface area contributed by atoms with E-state index in [9.17, 15) is 14.7 Å². The van der Waals surface area contributed by atoms with Crippen LogP contribution in [0.4, 0.5) is 0 Å². The minimum Gasteiger partial charge on any atom is -0.505 e. The number of nitrogens with one attached hydrogen (secondary N) is 1. The maximum absolute atomic E-state index is 12.7. The van der Waals surface area contributed by atoms with E-state index < -0.39 is 0 Å². The first-order valence-electron chi connectivity index (χ1n) is 9.10. The second-order valence-corrected chi connectivity index (χ2v) is 7.22. The Morgan fingerprint density at radius 2 is 1.96 bits per heavy atom. The summed E-state index contributed by atoms with van der Waals surface area (Å²) in [6, 6.07) is 10.1. The molecular weight excluding hydrogens is 354 g/mol. The van der Waals surface area contributed by atoms with E-state index >= 15 is 0 Å². The first kappa shape index (κ1) is 18.0. The van der Waals surface area contributed by atoms with Crippen molar-refractivity contribution >= 4 is 22.7 Å². The molecule has 0 unspecified atom stereocenters. The number of benzene rings is 2. The van der Waals surface area contributed by atoms with Gasteiger partial charge in [0, 0.05) is 37.8 Å². The summed E-state index contributed by atoms with van der Waals surface area (Å²) in [4.78, 5) is 31.0. The predicted molar refractivity (Wildman–Crippen MR) is 107 cm³/mol. The smallest absolute Gasteiger partial charge is 0.258 e. The fourth-order valence-corrected chi connectivity index (χ4v) is 3.75. The van der Waals surface area contributed by atoms with Crippen LogP contribution in [0.5, 0.6) is 5.75 Å². The molecule has 0 atom stereocenters. The maximum Gasteiger partial charge on any atom is 0.258 e. The lowest BCUT2D eigenvalue weighted by Gasteiger charge is -2.13. The van der Waals surface area contributed by atoms with E-state index in [0.717, 1.165) is 11.1 Å². The average molecular weight is 375 g/mol. The quantitative estimate of drug-likeness (QED) is 0.737. The van der Waals surface area contributed by atoms with Gasteiger partial charge in [0.15, 0.2) is 5.75 Å². The Morgan fingerprint density at radius 3 is 2.64 bits per heavy atom. The molecule has 2 amide bonds. The van der Waals surface area contributed by atoms with Gasteiger partial charge in [0.25, 0.3) is 11.8 Å². The summed E-state index contributed by atoms with van der Waals surface area (Å²) in [7, 11) is 3.20. The van der Waals surface area contributed by atoms with E-state index in [0.29, 0.717) is 22.9 Å². The van der Waals surface area contributed by atoms with Gasteiger partial charge in [0.1, 0.15) is 5.52 Å². The average Bonchev–Trinajstić information content (AvgIpc) is 2.98. The molecule has 0 radical (unpaired) electrons. The number of fused-ring (bicyclic) bond motifs is 2. The molecule has 0 spiro atoms. The molecular formula is C22H21N3O3. The van der Waals surface area contributed by atoms with Gasteiger partial charge in [-0.2, -0.15) is 0 Å². The number of amides is 2. The number of hydrogen-bond acceptors (Lipinski definition) is 4. The summed E-state index contributed by atoms with van der Waals surface area (Å²) in [5, 5.41) is 13.9. The van der Waals surface area contributed by atoms with Crippen LogP contribution in [0.25, 0.3) is 10.9 Å². The van der Waals surface area contributed by atoms with Gasteiger partial charge in [0.05, 0.1) is 11.1 Å². The van der Waals surface area contributed by atoms with E-state index in [4.69, 9.17) is 0 Å². The zero-order valence-electron chi connectivity index (χ0n) is 16.0. The highest BCUT2D eigenvalue weighted by Gasteiger charge is 2.34.